The lowest BCUT2D eigenvalue weighted by Gasteiger charge is -2.14. The first-order valence-corrected chi connectivity index (χ1v) is 7.70. The summed E-state index contributed by atoms with van der Waals surface area (Å²) in [6, 6.07) is 4.05. The summed E-state index contributed by atoms with van der Waals surface area (Å²) in [5.41, 5.74) is 0. The Labute approximate surface area is 118 Å². The number of rotatable bonds is 7. The number of benzene rings is 1. The summed E-state index contributed by atoms with van der Waals surface area (Å²) in [5.74, 6) is 0.466. The van der Waals surface area contributed by atoms with Gasteiger partial charge in [0.05, 0.1) is 23.1 Å². The summed E-state index contributed by atoms with van der Waals surface area (Å²) in [6.07, 6.45) is 0. The van der Waals surface area contributed by atoms with Gasteiger partial charge in [0, 0.05) is 13.2 Å². The minimum absolute atomic E-state index is 0.101. The van der Waals surface area contributed by atoms with E-state index in [-0.39, 0.29) is 16.0 Å². The third-order valence-electron chi connectivity index (χ3n) is 2.29. The molecule has 1 aromatic carbocycles. The van der Waals surface area contributed by atoms with E-state index >= 15 is 0 Å². The third-order valence-corrected chi connectivity index (χ3v) is 4.17. The summed E-state index contributed by atoms with van der Waals surface area (Å²) in [7, 11) is -2.09. The standard InChI is InChI=1S/C12H18ClNO4S/c1-4-18-12-6-5-10(7-11(12)13)19(15,16)14-9(2)8-17-3/h5-7,9,14H,4,8H2,1-3H3/t9-/m0/s1. The Hall–Kier alpha value is -0.820. The number of hydrogen-bond acceptors (Lipinski definition) is 4. The van der Waals surface area contributed by atoms with Gasteiger partial charge in [-0.15, -0.1) is 0 Å². The van der Waals surface area contributed by atoms with Crippen molar-refractivity contribution < 1.29 is 17.9 Å². The van der Waals surface area contributed by atoms with Gasteiger partial charge in [0.15, 0.2) is 0 Å². The predicted molar refractivity (Wildman–Crippen MR) is 74.3 cm³/mol. The highest BCUT2D eigenvalue weighted by Crippen LogP contribution is 2.27. The van der Waals surface area contributed by atoms with E-state index in [1.54, 1.807) is 13.0 Å². The summed E-state index contributed by atoms with van der Waals surface area (Å²) >= 11 is 5.97. The van der Waals surface area contributed by atoms with Crippen molar-refractivity contribution in [1.29, 1.82) is 0 Å². The normalized spacial score (nSPS) is 13.3. The highest BCUT2D eigenvalue weighted by molar-refractivity contribution is 7.89. The van der Waals surface area contributed by atoms with Crippen LogP contribution in [0.15, 0.2) is 23.1 Å². The summed E-state index contributed by atoms with van der Waals surface area (Å²) < 4.78 is 36.8. The average Bonchev–Trinajstić information content (AvgIpc) is 2.31. The molecule has 1 rings (SSSR count). The topological polar surface area (TPSA) is 64.6 Å². The first-order valence-electron chi connectivity index (χ1n) is 5.84. The van der Waals surface area contributed by atoms with Crippen LogP contribution in [0.4, 0.5) is 0 Å². The van der Waals surface area contributed by atoms with Gasteiger partial charge in [0.1, 0.15) is 5.75 Å². The summed E-state index contributed by atoms with van der Waals surface area (Å²) in [6.45, 7) is 4.31. The second kappa shape index (κ2) is 7.09. The van der Waals surface area contributed by atoms with Gasteiger partial charge in [0.2, 0.25) is 10.0 Å². The molecule has 0 spiro atoms. The van der Waals surface area contributed by atoms with Crippen LogP contribution in [-0.4, -0.2) is 34.8 Å². The van der Waals surface area contributed by atoms with Crippen molar-refractivity contribution >= 4 is 21.6 Å². The van der Waals surface area contributed by atoms with Crippen molar-refractivity contribution in [2.75, 3.05) is 20.3 Å². The molecule has 0 saturated heterocycles. The van der Waals surface area contributed by atoms with Gasteiger partial charge in [-0.1, -0.05) is 11.6 Å². The molecular weight excluding hydrogens is 290 g/mol. The van der Waals surface area contributed by atoms with Crippen LogP contribution < -0.4 is 9.46 Å². The Bertz CT molecular complexity index is 518. The van der Waals surface area contributed by atoms with E-state index in [1.165, 1.54) is 19.2 Å². The Morgan fingerprint density at radius 2 is 2.11 bits per heavy atom. The molecule has 0 fully saturated rings. The van der Waals surface area contributed by atoms with E-state index in [9.17, 15) is 8.42 Å². The van der Waals surface area contributed by atoms with E-state index < -0.39 is 10.0 Å². The van der Waals surface area contributed by atoms with E-state index in [4.69, 9.17) is 21.1 Å². The van der Waals surface area contributed by atoms with Crippen LogP contribution in [0.25, 0.3) is 0 Å². The van der Waals surface area contributed by atoms with Crippen molar-refractivity contribution in [3.63, 3.8) is 0 Å². The van der Waals surface area contributed by atoms with E-state index in [1.807, 2.05) is 6.92 Å². The zero-order chi connectivity index (χ0) is 14.5. The SMILES string of the molecule is CCOc1ccc(S(=O)(=O)N[C@@H](C)COC)cc1Cl. The van der Waals surface area contributed by atoms with Crippen molar-refractivity contribution in [2.45, 2.75) is 24.8 Å². The van der Waals surface area contributed by atoms with Crippen LogP contribution in [0.2, 0.25) is 5.02 Å². The number of sulfonamides is 1. The first-order chi connectivity index (χ1) is 8.90. The molecule has 1 N–H and O–H groups in total. The molecule has 5 nitrogen and oxygen atoms in total. The summed E-state index contributed by atoms with van der Waals surface area (Å²) in [5, 5.41) is 0.268. The molecule has 0 aliphatic carbocycles. The number of halogens is 1. The van der Waals surface area contributed by atoms with Gasteiger partial charge in [0.25, 0.3) is 0 Å². The molecule has 19 heavy (non-hydrogen) atoms. The fourth-order valence-electron chi connectivity index (χ4n) is 1.54. The fraction of sp³-hybridized carbons (Fsp3) is 0.500. The van der Waals surface area contributed by atoms with Gasteiger partial charge < -0.3 is 9.47 Å². The predicted octanol–water partition coefficient (Wildman–Crippen LogP) is 2.05. The number of nitrogens with one attached hydrogen (secondary N) is 1. The van der Waals surface area contributed by atoms with Crippen molar-refractivity contribution in [1.82, 2.24) is 4.72 Å². The highest BCUT2D eigenvalue weighted by atomic mass is 35.5. The zero-order valence-electron chi connectivity index (χ0n) is 11.1. The Balaban J connectivity index is 2.93. The average molecular weight is 308 g/mol. The Morgan fingerprint density at radius 1 is 1.42 bits per heavy atom. The number of hydrogen-bond donors (Lipinski definition) is 1. The maximum atomic E-state index is 12.1. The Morgan fingerprint density at radius 3 is 2.63 bits per heavy atom. The largest absolute Gasteiger partial charge is 0.492 e. The van der Waals surface area contributed by atoms with Crippen LogP contribution in [0.3, 0.4) is 0 Å². The van der Waals surface area contributed by atoms with Crippen molar-refractivity contribution in [3.8, 4) is 5.75 Å². The number of ether oxygens (including phenoxy) is 2. The molecule has 0 aromatic heterocycles. The van der Waals surface area contributed by atoms with Gasteiger partial charge in [-0.05, 0) is 32.0 Å². The molecule has 0 amide bonds. The van der Waals surface area contributed by atoms with Gasteiger partial charge in [-0.2, -0.15) is 0 Å². The lowest BCUT2D eigenvalue weighted by atomic mass is 10.3. The van der Waals surface area contributed by atoms with Crippen LogP contribution in [-0.2, 0) is 14.8 Å². The molecular formula is C12H18ClNO4S. The molecule has 108 valence electrons. The van der Waals surface area contributed by atoms with Crippen molar-refractivity contribution in [2.24, 2.45) is 0 Å². The zero-order valence-corrected chi connectivity index (χ0v) is 12.7. The van der Waals surface area contributed by atoms with E-state index in [0.29, 0.717) is 19.0 Å². The fourth-order valence-corrected chi connectivity index (χ4v) is 3.09. The smallest absolute Gasteiger partial charge is 0.240 e. The van der Waals surface area contributed by atoms with Crippen LogP contribution in [0.1, 0.15) is 13.8 Å². The molecule has 0 saturated carbocycles. The second-order valence-electron chi connectivity index (χ2n) is 4.00. The van der Waals surface area contributed by atoms with E-state index in [2.05, 4.69) is 4.72 Å². The Kier molecular flexibility index (Phi) is 6.06. The molecule has 0 aliphatic heterocycles. The maximum Gasteiger partial charge on any atom is 0.240 e. The lowest BCUT2D eigenvalue weighted by molar-refractivity contribution is 0.180. The lowest BCUT2D eigenvalue weighted by Crippen LogP contribution is -2.35. The number of methoxy groups -OCH3 is 1. The molecule has 7 heteroatoms. The van der Waals surface area contributed by atoms with E-state index in [0.717, 1.165) is 0 Å². The molecule has 0 unspecified atom stereocenters. The molecule has 0 bridgehead atoms. The monoisotopic (exact) mass is 307 g/mol. The molecule has 1 aromatic rings. The molecule has 0 heterocycles. The summed E-state index contributed by atoms with van der Waals surface area (Å²) in [4.78, 5) is 0.101. The molecule has 1 atom stereocenters. The maximum absolute atomic E-state index is 12.1. The van der Waals surface area contributed by atoms with Crippen LogP contribution >= 0.6 is 11.6 Å². The van der Waals surface area contributed by atoms with Crippen molar-refractivity contribution in [3.05, 3.63) is 23.2 Å². The first kappa shape index (κ1) is 16.2. The van der Waals surface area contributed by atoms with Gasteiger partial charge in [-0.3, -0.25) is 0 Å². The van der Waals surface area contributed by atoms with Gasteiger partial charge in [-0.25, -0.2) is 13.1 Å². The van der Waals surface area contributed by atoms with Crippen LogP contribution in [0, 0.1) is 0 Å². The highest BCUT2D eigenvalue weighted by Gasteiger charge is 2.18. The third kappa shape index (κ3) is 4.65. The van der Waals surface area contributed by atoms with Crippen LogP contribution in [0.5, 0.6) is 5.75 Å². The molecule has 0 radical (unpaired) electrons. The van der Waals surface area contributed by atoms with Gasteiger partial charge >= 0.3 is 0 Å². The minimum atomic E-state index is -3.61. The quantitative estimate of drug-likeness (QED) is 0.837. The second-order valence-corrected chi connectivity index (χ2v) is 6.12. The molecule has 0 aliphatic rings. The minimum Gasteiger partial charge on any atom is -0.492 e.